The number of hydrogen-bond acceptors (Lipinski definition) is 5. The summed E-state index contributed by atoms with van der Waals surface area (Å²) in [5.41, 5.74) is 0. The number of aliphatic imine (C=N–C) groups is 1. The van der Waals surface area contributed by atoms with E-state index < -0.39 is 0 Å². The maximum atomic E-state index is 5.71. The molecule has 0 spiro atoms. The molecule has 0 saturated carbocycles. The topological polar surface area (TPSA) is 61.4 Å². The molecule has 2 saturated heterocycles. The van der Waals surface area contributed by atoms with E-state index in [1.165, 1.54) is 6.42 Å². The molecule has 0 aromatic heterocycles. The van der Waals surface area contributed by atoms with Gasteiger partial charge < -0.3 is 25.0 Å². The summed E-state index contributed by atoms with van der Waals surface area (Å²) >= 11 is 0. The second kappa shape index (κ2) is 12.5. The predicted molar refractivity (Wildman–Crippen MR) is 111 cm³/mol. The van der Waals surface area contributed by atoms with Crippen molar-refractivity contribution in [3.05, 3.63) is 0 Å². The SMILES string of the molecule is CN=C(NCCCOCC1CCCO1)NCC(C(C)C)N1CCN(C)CC1. The van der Waals surface area contributed by atoms with Crippen LogP contribution < -0.4 is 10.6 Å². The highest BCUT2D eigenvalue weighted by atomic mass is 16.5. The summed E-state index contributed by atoms with van der Waals surface area (Å²) < 4.78 is 11.3. The van der Waals surface area contributed by atoms with Gasteiger partial charge in [-0.05, 0) is 32.2 Å². The van der Waals surface area contributed by atoms with Crippen molar-refractivity contribution < 1.29 is 9.47 Å². The molecule has 2 atom stereocenters. The van der Waals surface area contributed by atoms with Crippen molar-refractivity contribution in [2.45, 2.75) is 45.3 Å². The number of nitrogens with one attached hydrogen (secondary N) is 2. The Labute approximate surface area is 165 Å². The first-order valence-electron chi connectivity index (χ1n) is 10.7. The van der Waals surface area contributed by atoms with Crippen LogP contribution >= 0.6 is 0 Å². The second-order valence-corrected chi connectivity index (χ2v) is 8.09. The predicted octanol–water partition coefficient (Wildman–Crippen LogP) is 1.01. The van der Waals surface area contributed by atoms with Gasteiger partial charge >= 0.3 is 0 Å². The molecule has 7 heteroatoms. The molecule has 0 bridgehead atoms. The minimum atomic E-state index is 0.315. The zero-order valence-electron chi connectivity index (χ0n) is 17.9. The summed E-state index contributed by atoms with van der Waals surface area (Å²) in [4.78, 5) is 9.38. The van der Waals surface area contributed by atoms with Crippen LogP contribution in [-0.2, 0) is 9.47 Å². The third-order valence-corrected chi connectivity index (χ3v) is 5.56. The number of piperazine rings is 1. The Morgan fingerprint density at radius 1 is 1.22 bits per heavy atom. The summed E-state index contributed by atoms with van der Waals surface area (Å²) in [6.07, 6.45) is 3.59. The van der Waals surface area contributed by atoms with E-state index in [4.69, 9.17) is 9.47 Å². The largest absolute Gasteiger partial charge is 0.379 e. The first-order chi connectivity index (χ1) is 13.1. The van der Waals surface area contributed by atoms with Crippen LogP contribution in [0.3, 0.4) is 0 Å². The lowest BCUT2D eigenvalue weighted by Crippen LogP contribution is -2.55. The lowest BCUT2D eigenvalue weighted by molar-refractivity contribution is 0.0168. The van der Waals surface area contributed by atoms with E-state index in [0.717, 1.165) is 77.9 Å². The summed E-state index contributed by atoms with van der Waals surface area (Å²) in [5, 5.41) is 6.92. The molecule has 2 fully saturated rings. The summed E-state index contributed by atoms with van der Waals surface area (Å²) in [7, 11) is 4.04. The van der Waals surface area contributed by atoms with Gasteiger partial charge in [-0.2, -0.15) is 0 Å². The number of rotatable bonds is 10. The molecule has 0 radical (unpaired) electrons. The van der Waals surface area contributed by atoms with Gasteiger partial charge in [0.15, 0.2) is 5.96 Å². The molecule has 158 valence electrons. The molecule has 2 N–H and O–H groups in total. The average molecular weight is 384 g/mol. The van der Waals surface area contributed by atoms with Crippen molar-refractivity contribution >= 4 is 5.96 Å². The van der Waals surface area contributed by atoms with Gasteiger partial charge in [-0.25, -0.2) is 0 Å². The number of likely N-dealkylation sites (N-methyl/N-ethyl adjacent to an activating group) is 1. The molecule has 2 unspecified atom stereocenters. The van der Waals surface area contributed by atoms with Crippen molar-refractivity contribution in [2.75, 3.05) is 73.2 Å². The Kier molecular flexibility index (Phi) is 10.4. The van der Waals surface area contributed by atoms with Gasteiger partial charge in [0.05, 0.1) is 12.7 Å². The summed E-state index contributed by atoms with van der Waals surface area (Å²) in [5.74, 6) is 1.50. The van der Waals surface area contributed by atoms with Gasteiger partial charge in [-0.3, -0.25) is 9.89 Å². The van der Waals surface area contributed by atoms with Gasteiger partial charge in [0.1, 0.15) is 0 Å². The molecule has 0 aromatic rings. The fraction of sp³-hybridized carbons (Fsp3) is 0.950. The van der Waals surface area contributed by atoms with Gasteiger partial charge in [0, 0.05) is 65.6 Å². The number of hydrogen-bond donors (Lipinski definition) is 2. The lowest BCUT2D eigenvalue weighted by atomic mass is 10.0. The third-order valence-electron chi connectivity index (χ3n) is 5.56. The van der Waals surface area contributed by atoms with Gasteiger partial charge in [-0.1, -0.05) is 13.8 Å². The first-order valence-corrected chi connectivity index (χ1v) is 10.7. The van der Waals surface area contributed by atoms with Gasteiger partial charge in [-0.15, -0.1) is 0 Å². The van der Waals surface area contributed by atoms with E-state index in [1.54, 1.807) is 0 Å². The molecule has 0 amide bonds. The van der Waals surface area contributed by atoms with E-state index in [1.807, 2.05) is 7.05 Å². The van der Waals surface area contributed by atoms with E-state index in [0.29, 0.717) is 18.1 Å². The minimum absolute atomic E-state index is 0.315. The first kappa shape index (κ1) is 22.4. The van der Waals surface area contributed by atoms with Crippen LogP contribution in [0.15, 0.2) is 4.99 Å². The molecule has 0 aliphatic carbocycles. The number of guanidine groups is 1. The Hall–Kier alpha value is -0.890. The highest BCUT2D eigenvalue weighted by Gasteiger charge is 2.25. The standard InChI is InChI=1S/C20H41N5O2/c1-17(2)19(25-11-9-24(4)10-12-25)15-23-20(21-3)22-8-6-13-26-16-18-7-5-14-27-18/h17-19H,5-16H2,1-4H3,(H2,21,22,23). The zero-order valence-corrected chi connectivity index (χ0v) is 17.9. The van der Waals surface area contributed by atoms with E-state index >= 15 is 0 Å². The highest BCUT2D eigenvalue weighted by Crippen LogP contribution is 2.13. The van der Waals surface area contributed by atoms with Crippen LogP contribution in [0.2, 0.25) is 0 Å². The van der Waals surface area contributed by atoms with E-state index in [2.05, 4.69) is 46.3 Å². The van der Waals surface area contributed by atoms with Crippen LogP contribution in [0.1, 0.15) is 33.1 Å². The Morgan fingerprint density at radius 2 is 2.00 bits per heavy atom. The van der Waals surface area contributed by atoms with Gasteiger partial charge in [0.2, 0.25) is 0 Å². The Bertz CT molecular complexity index is 419. The molecule has 2 aliphatic heterocycles. The van der Waals surface area contributed by atoms with Crippen LogP contribution in [0.4, 0.5) is 0 Å². The molecule has 0 aromatic carbocycles. The van der Waals surface area contributed by atoms with E-state index in [-0.39, 0.29) is 0 Å². The van der Waals surface area contributed by atoms with Gasteiger partial charge in [0.25, 0.3) is 0 Å². The van der Waals surface area contributed by atoms with Crippen LogP contribution in [0.5, 0.6) is 0 Å². The normalized spacial score (nSPS) is 23.7. The minimum Gasteiger partial charge on any atom is -0.379 e. The van der Waals surface area contributed by atoms with Crippen molar-refractivity contribution in [1.82, 2.24) is 20.4 Å². The molecule has 2 rings (SSSR count). The van der Waals surface area contributed by atoms with Crippen LogP contribution in [0.25, 0.3) is 0 Å². The lowest BCUT2D eigenvalue weighted by Gasteiger charge is -2.40. The van der Waals surface area contributed by atoms with Crippen molar-refractivity contribution in [3.63, 3.8) is 0 Å². The monoisotopic (exact) mass is 383 g/mol. The molecule has 27 heavy (non-hydrogen) atoms. The summed E-state index contributed by atoms with van der Waals surface area (Å²) in [6, 6.07) is 0.534. The fourth-order valence-corrected chi connectivity index (χ4v) is 3.73. The summed E-state index contributed by atoms with van der Waals surface area (Å²) in [6.45, 7) is 13.4. The Balaban J connectivity index is 1.60. The third kappa shape index (κ3) is 8.34. The second-order valence-electron chi connectivity index (χ2n) is 8.09. The van der Waals surface area contributed by atoms with Crippen molar-refractivity contribution in [1.29, 1.82) is 0 Å². The molecule has 2 heterocycles. The smallest absolute Gasteiger partial charge is 0.191 e. The number of nitrogens with zero attached hydrogens (tertiary/aromatic N) is 3. The maximum absolute atomic E-state index is 5.71. The molecule has 2 aliphatic rings. The van der Waals surface area contributed by atoms with Crippen molar-refractivity contribution in [2.24, 2.45) is 10.9 Å². The fourth-order valence-electron chi connectivity index (χ4n) is 3.73. The molecule has 7 nitrogen and oxygen atoms in total. The van der Waals surface area contributed by atoms with Crippen LogP contribution in [-0.4, -0.2) is 101 Å². The zero-order chi connectivity index (χ0) is 19.5. The van der Waals surface area contributed by atoms with E-state index in [9.17, 15) is 0 Å². The highest BCUT2D eigenvalue weighted by molar-refractivity contribution is 5.79. The van der Waals surface area contributed by atoms with Crippen LogP contribution in [0, 0.1) is 5.92 Å². The number of ether oxygens (including phenoxy) is 2. The average Bonchev–Trinajstić information content (AvgIpc) is 3.17. The maximum Gasteiger partial charge on any atom is 0.191 e. The van der Waals surface area contributed by atoms with Crippen molar-refractivity contribution in [3.8, 4) is 0 Å². The quantitative estimate of drug-likeness (QED) is 0.334. The molecular formula is C20H41N5O2. The Morgan fingerprint density at radius 3 is 2.63 bits per heavy atom. The molecular weight excluding hydrogens is 342 g/mol.